The van der Waals surface area contributed by atoms with Crippen LogP contribution in [0, 0.1) is 0 Å². The van der Waals surface area contributed by atoms with Gasteiger partial charge in [-0.2, -0.15) is 16.8 Å². The van der Waals surface area contributed by atoms with Crippen LogP contribution < -0.4 is 0 Å². The molecule has 0 aliphatic carbocycles. The van der Waals surface area contributed by atoms with Crippen LogP contribution in [0.1, 0.15) is 20.7 Å². The van der Waals surface area contributed by atoms with Gasteiger partial charge in [-0.05, 0) is 18.2 Å². The third-order valence-corrected chi connectivity index (χ3v) is 2.53. The summed E-state index contributed by atoms with van der Waals surface area (Å²) in [6.07, 6.45) is 0. The van der Waals surface area contributed by atoms with E-state index in [1.54, 1.807) is 0 Å². The maximum Gasteiger partial charge on any atom is 0.394 e. The Bertz CT molecular complexity index is 719. The lowest BCUT2D eigenvalue weighted by atomic mass is 10.1. The molecule has 0 aromatic heterocycles. The van der Waals surface area contributed by atoms with E-state index in [2.05, 4.69) is 0 Å². The molecule has 0 fully saturated rings. The van der Waals surface area contributed by atoms with E-state index in [-0.39, 0.29) is 0 Å². The third-order valence-electron chi connectivity index (χ3n) is 1.70. The van der Waals surface area contributed by atoms with E-state index >= 15 is 0 Å². The zero-order valence-corrected chi connectivity index (χ0v) is 11.4. The summed E-state index contributed by atoms with van der Waals surface area (Å²) < 4.78 is 61.8. The van der Waals surface area contributed by atoms with Crippen molar-refractivity contribution in [3.63, 3.8) is 0 Å². The van der Waals surface area contributed by atoms with Gasteiger partial charge in [-0.3, -0.25) is 13.7 Å². The highest BCUT2D eigenvalue weighted by Crippen LogP contribution is 2.15. The van der Waals surface area contributed by atoms with Crippen LogP contribution in [-0.4, -0.2) is 52.6 Å². The lowest BCUT2D eigenvalue weighted by molar-refractivity contribution is 0.0696. The minimum absolute atomic E-state index is 0.535. The molecule has 1 aromatic rings. The Labute approximate surface area is 117 Å². The molecule has 5 N–H and O–H groups in total. The molecule has 0 saturated carbocycles. The third kappa shape index (κ3) is 7.95. The van der Waals surface area contributed by atoms with Gasteiger partial charge in [0, 0.05) is 0 Å². The number of carboxylic acid groups (broad SMARTS) is 2. The zero-order valence-electron chi connectivity index (χ0n) is 9.73. The van der Waals surface area contributed by atoms with E-state index in [0.717, 1.165) is 6.07 Å². The molecule has 0 saturated heterocycles. The van der Waals surface area contributed by atoms with Crippen molar-refractivity contribution in [2.45, 2.75) is 4.90 Å². The summed E-state index contributed by atoms with van der Waals surface area (Å²) >= 11 is 0. The van der Waals surface area contributed by atoms with Crippen LogP contribution in [0.4, 0.5) is 0 Å². The molecule has 0 heterocycles. The quantitative estimate of drug-likeness (QED) is 0.449. The second-order valence-corrected chi connectivity index (χ2v) is 5.60. The lowest BCUT2D eigenvalue weighted by Gasteiger charge is -2.02. The first kappa shape index (κ1) is 18.9. The van der Waals surface area contributed by atoms with Gasteiger partial charge in [0.1, 0.15) is 0 Å². The van der Waals surface area contributed by atoms with E-state index < -0.39 is 48.5 Å². The number of rotatable bonds is 3. The van der Waals surface area contributed by atoms with E-state index in [9.17, 15) is 18.0 Å². The van der Waals surface area contributed by atoms with Crippen molar-refractivity contribution >= 4 is 32.5 Å². The summed E-state index contributed by atoms with van der Waals surface area (Å²) in [5.74, 6) is -2.99. The lowest BCUT2D eigenvalue weighted by Crippen LogP contribution is -2.07. The normalized spacial score (nSPS) is 11.2. The Hall–Kier alpha value is -2.06. The van der Waals surface area contributed by atoms with Gasteiger partial charge in [0.25, 0.3) is 10.1 Å². The second kappa shape index (κ2) is 6.59. The van der Waals surface area contributed by atoms with Crippen molar-refractivity contribution in [2.75, 3.05) is 0 Å². The summed E-state index contributed by atoms with van der Waals surface area (Å²) in [5.41, 5.74) is -1.07. The van der Waals surface area contributed by atoms with Gasteiger partial charge < -0.3 is 10.2 Å². The molecule has 0 unspecified atom stereocenters. The fourth-order valence-corrected chi connectivity index (χ4v) is 1.55. The average molecular weight is 344 g/mol. The highest BCUT2D eigenvalue weighted by molar-refractivity contribution is 7.85. The monoisotopic (exact) mass is 344 g/mol. The van der Waals surface area contributed by atoms with Crippen molar-refractivity contribution in [3.8, 4) is 0 Å². The molecule has 0 atom stereocenters. The molecule has 0 aliphatic heterocycles. The number of hydrogen-bond donors (Lipinski definition) is 5. The average Bonchev–Trinajstić information content (AvgIpc) is 2.24. The number of benzene rings is 1. The van der Waals surface area contributed by atoms with Gasteiger partial charge >= 0.3 is 22.3 Å². The van der Waals surface area contributed by atoms with Crippen molar-refractivity contribution in [1.82, 2.24) is 0 Å². The largest absolute Gasteiger partial charge is 0.478 e. The summed E-state index contributed by atoms with van der Waals surface area (Å²) in [5, 5.41) is 17.2. The Morgan fingerprint density at radius 1 is 0.762 bits per heavy atom. The Morgan fingerprint density at radius 2 is 1.05 bits per heavy atom. The van der Waals surface area contributed by atoms with Crippen molar-refractivity contribution in [3.05, 3.63) is 29.3 Å². The molecular weight excluding hydrogens is 336 g/mol. The Balaban J connectivity index is 0.000000690. The molecule has 21 heavy (non-hydrogen) atoms. The van der Waals surface area contributed by atoms with Gasteiger partial charge in [-0.1, -0.05) is 0 Å². The maximum absolute atomic E-state index is 10.8. The Morgan fingerprint density at radius 3 is 1.24 bits per heavy atom. The Kier molecular flexibility index (Phi) is 5.95. The van der Waals surface area contributed by atoms with Crippen molar-refractivity contribution in [2.24, 2.45) is 0 Å². The molecule has 118 valence electrons. The van der Waals surface area contributed by atoms with E-state index in [1.165, 1.54) is 0 Å². The van der Waals surface area contributed by atoms with Crippen LogP contribution in [0.15, 0.2) is 23.1 Å². The summed E-state index contributed by atoms with van der Waals surface area (Å²) in [7, 11) is -9.31. The molecule has 1 rings (SSSR count). The predicted molar refractivity (Wildman–Crippen MR) is 64.4 cm³/mol. The van der Waals surface area contributed by atoms with Crippen LogP contribution in [-0.2, 0) is 20.5 Å². The van der Waals surface area contributed by atoms with Crippen LogP contribution >= 0.6 is 0 Å². The van der Waals surface area contributed by atoms with Crippen LogP contribution in [0.25, 0.3) is 0 Å². The van der Waals surface area contributed by atoms with Gasteiger partial charge in [0.2, 0.25) is 0 Å². The minimum atomic E-state index is -4.67. The maximum atomic E-state index is 10.8. The van der Waals surface area contributed by atoms with Crippen LogP contribution in [0.2, 0.25) is 0 Å². The van der Waals surface area contributed by atoms with Crippen molar-refractivity contribution < 1.29 is 50.3 Å². The highest BCUT2D eigenvalue weighted by Gasteiger charge is 2.17. The molecule has 1 aromatic carbocycles. The fourth-order valence-electron chi connectivity index (χ4n) is 0.995. The standard InChI is InChI=1S/C8H6O7S.H2O4S/c9-7(10)4-1-5(8(11)12)3-6(2-4)16(13,14)15;1-5(2,3)4/h1-3H,(H,9,10)(H,11,12)(H,13,14,15);(H2,1,2,3,4). The summed E-state index contributed by atoms with van der Waals surface area (Å²) in [4.78, 5) is 20.4. The molecule has 0 aliphatic rings. The van der Waals surface area contributed by atoms with Crippen LogP contribution in [0.5, 0.6) is 0 Å². The van der Waals surface area contributed by atoms with E-state index in [1.807, 2.05) is 0 Å². The van der Waals surface area contributed by atoms with Crippen molar-refractivity contribution in [1.29, 1.82) is 0 Å². The number of hydrogen-bond acceptors (Lipinski definition) is 6. The van der Waals surface area contributed by atoms with Gasteiger partial charge in [0.15, 0.2) is 0 Å². The summed E-state index contributed by atoms with van der Waals surface area (Å²) in [6, 6.07) is 2.13. The molecular formula is C8H8O11S2. The van der Waals surface area contributed by atoms with E-state index in [4.69, 9.17) is 32.3 Å². The molecule has 0 amide bonds. The van der Waals surface area contributed by atoms with Crippen LogP contribution in [0.3, 0.4) is 0 Å². The highest BCUT2D eigenvalue weighted by atomic mass is 32.3. The molecule has 13 heteroatoms. The first-order valence-electron chi connectivity index (χ1n) is 4.51. The molecule has 11 nitrogen and oxygen atoms in total. The zero-order chi connectivity index (χ0) is 17.0. The number of carbonyl (C=O) groups is 2. The number of aromatic carboxylic acids is 2. The summed E-state index contributed by atoms with van der Waals surface area (Å²) in [6.45, 7) is 0. The minimum Gasteiger partial charge on any atom is -0.478 e. The first-order chi connectivity index (χ1) is 9.21. The fraction of sp³-hybridized carbons (Fsp3) is 0. The topological polar surface area (TPSA) is 204 Å². The predicted octanol–water partition coefficient (Wildman–Crippen LogP) is -0.323. The van der Waals surface area contributed by atoms with E-state index in [0.29, 0.717) is 12.1 Å². The van der Waals surface area contributed by atoms with Gasteiger partial charge in [-0.25, -0.2) is 9.59 Å². The SMILES string of the molecule is O=C(O)c1cc(C(=O)O)cc(S(=O)(=O)O)c1.O=S(=O)(O)O. The second-order valence-electron chi connectivity index (χ2n) is 3.28. The van der Waals surface area contributed by atoms with Gasteiger partial charge in [-0.15, -0.1) is 0 Å². The first-order valence-corrected chi connectivity index (χ1v) is 7.34. The smallest absolute Gasteiger partial charge is 0.394 e. The number of carboxylic acids is 2. The molecule has 0 spiro atoms. The molecule has 0 bridgehead atoms. The van der Waals surface area contributed by atoms with Gasteiger partial charge in [0.05, 0.1) is 16.0 Å². The molecule has 0 radical (unpaired) electrons.